The topological polar surface area (TPSA) is 83.4 Å². The van der Waals surface area contributed by atoms with Gasteiger partial charge in [-0.15, -0.1) is 0 Å². The van der Waals surface area contributed by atoms with E-state index in [0.717, 1.165) is 0 Å². The summed E-state index contributed by atoms with van der Waals surface area (Å²) < 4.78 is 10.4. The smallest absolute Gasteiger partial charge is 0.204 e. The Bertz CT molecular complexity index is 447. The molecule has 1 aromatic rings. The van der Waals surface area contributed by atoms with E-state index in [9.17, 15) is 0 Å². The van der Waals surface area contributed by atoms with Crippen molar-refractivity contribution in [3.63, 3.8) is 0 Å². The van der Waals surface area contributed by atoms with E-state index in [1.165, 1.54) is 14.2 Å². The average molecular weight is 235 g/mol. The summed E-state index contributed by atoms with van der Waals surface area (Å²) in [5.41, 5.74) is 11.9. The number of methoxy groups -OCH3 is 2. The molecule has 0 aromatic carbocycles. The van der Waals surface area contributed by atoms with E-state index in [1.54, 1.807) is 6.20 Å². The molecule has 17 heavy (non-hydrogen) atoms. The van der Waals surface area contributed by atoms with Gasteiger partial charge in [0.2, 0.25) is 5.75 Å². The molecule has 0 bridgehead atoms. The van der Waals surface area contributed by atoms with Gasteiger partial charge in [-0.25, -0.2) is 4.98 Å². The molecule has 4 N–H and O–H groups in total. The van der Waals surface area contributed by atoms with Gasteiger partial charge in [-0.3, -0.25) is 0 Å². The minimum Gasteiger partial charge on any atom is -0.491 e. The van der Waals surface area contributed by atoms with Gasteiger partial charge in [-0.1, -0.05) is 11.8 Å². The largest absolute Gasteiger partial charge is 0.491 e. The Morgan fingerprint density at radius 3 is 2.53 bits per heavy atom. The van der Waals surface area contributed by atoms with Crippen LogP contribution in [0.5, 0.6) is 11.5 Å². The van der Waals surface area contributed by atoms with Crippen LogP contribution in [0.25, 0.3) is 0 Å². The first-order valence-electron chi connectivity index (χ1n) is 5.21. The lowest BCUT2D eigenvalue weighted by Crippen LogP contribution is -2.12. The zero-order valence-electron chi connectivity index (χ0n) is 10.3. The molecule has 0 saturated heterocycles. The fourth-order valence-electron chi connectivity index (χ4n) is 1.29. The Morgan fingerprint density at radius 2 is 2.00 bits per heavy atom. The second-order valence-corrected chi connectivity index (χ2v) is 3.61. The zero-order chi connectivity index (χ0) is 12.8. The standard InChI is InChI=1S/C12H17N3O2/c1-8(13)5-4-6-9-7-15-12(14)11(17-3)10(9)16-2/h7-8H,5,13H2,1-3H3,(H2,14,15)/t8-/m0/s1. The lowest BCUT2D eigenvalue weighted by atomic mass is 10.2. The van der Waals surface area contributed by atoms with Crippen LogP contribution in [0.2, 0.25) is 0 Å². The summed E-state index contributed by atoms with van der Waals surface area (Å²) >= 11 is 0. The molecule has 0 radical (unpaired) electrons. The first-order chi connectivity index (χ1) is 8.10. The summed E-state index contributed by atoms with van der Waals surface area (Å²) in [6.07, 6.45) is 2.17. The third-order valence-corrected chi connectivity index (χ3v) is 2.07. The first kappa shape index (κ1) is 13.1. The number of ether oxygens (including phenoxy) is 2. The fraction of sp³-hybridized carbons (Fsp3) is 0.417. The van der Waals surface area contributed by atoms with E-state index in [2.05, 4.69) is 16.8 Å². The van der Waals surface area contributed by atoms with Gasteiger partial charge in [0, 0.05) is 18.7 Å². The fourth-order valence-corrected chi connectivity index (χ4v) is 1.29. The van der Waals surface area contributed by atoms with E-state index < -0.39 is 0 Å². The molecule has 0 aliphatic heterocycles. The van der Waals surface area contributed by atoms with Crippen LogP contribution >= 0.6 is 0 Å². The molecule has 5 nitrogen and oxygen atoms in total. The van der Waals surface area contributed by atoms with Gasteiger partial charge in [0.25, 0.3) is 0 Å². The maximum atomic E-state index is 5.67. The molecular formula is C12H17N3O2. The van der Waals surface area contributed by atoms with Crippen LogP contribution < -0.4 is 20.9 Å². The zero-order valence-corrected chi connectivity index (χ0v) is 10.3. The highest BCUT2D eigenvalue weighted by atomic mass is 16.5. The number of hydrogen-bond donors (Lipinski definition) is 2. The SMILES string of the molecule is COc1c(C#CC[C@H](C)N)cnc(N)c1OC. The summed E-state index contributed by atoms with van der Waals surface area (Å²) in [6.45, 7) is 1.90. The van der Waals surface area contributed by atoms with E-state index >= 15 is 0 Å². The van der Waals surface area contributed by atoms with Crippen molar-refractivity contribution >= 4 is 5.82 Å². The molecule has 1 atom stereocenters. The Labute approximate surface area is 101 Å². The summed E-state index contributed by atoms with van der Waals surface area (Å²) in [6, 6.07) is 0.0390. The van der Waals surface area contributed by atoms with Crippen molar-refractivity contribution in [2.24, 2.45) is 5.73 Å². The van der Waals surface area contributed by atoms with Gasteiger partial charge in [-0.2, -0.15) is 0 Å². The Morgan fingerprint density at radius 1 is 1.35 bits per heavy atom. The second kappa shape index (κ2) is 5.97. The number of anilines is 1. The Hall–Kier alpha value is -1.93. The van der Waals surface area contributed by atoms with Gasteiger partial charge < -0.3 is 20.9 Å². The number of rotatable bonds is 3. The van der Waals surface area contributed by atoms with Crippen LogP contribution in [0.3, 0.4) is 0 Å². The molecule has 0 unspecified atom stereocenters. The number of hydrogen-bond acceptors (Lipinski definition) is 5. The summed E-state index contributed by atoms with van der Waals surface area (Å²) in [4.78, 5) is 4.00. The van der Waals surface area contributed by atoms with Crippen LogP contribution in [0.15, 0.2) is 6.20 Å². The maximum absolute atomic E-state index is 5.67. The first-order valence-corrected chi connectivity index (χ1v) is 5.21. The molecule has 0 aliphatic carbocycles. The third kappa shape index (κ3) is 3.26. The molecule has 1 heterocycles. The van der Waals surface area contributed by atoms with Gasteiger partial charge in [-0.05, 0) is 6.92 Å². The van der Waals surface area contributed by atoms with E-state index in [1.807, 2.05) is 6.92 Å². The lowest BCUT2D eigenvalue weighted by molar-refractivity contribution is 0.354. The lowest BCUT2D eigenvalue weighted by Gasteiger charge is -2.10. The Kier molecular flexibility index (Phi) is 4.61. The number of pyridine rings is 1. The van der Waals surface area contributed by atoms with Gasteiger partial charge in [0.15, 0.2) is 11.6 Å². The Balaban J connectivity index is 3.10. The molecule has 0 aliphatic rings. The van der Waals surface area contributed by atoms with E-state index in [4.69, 9.17) is 20.9 Å². The predicted octanol–water partition coefficient (Wildman–Crippen LogP) is 0.770. The van der Waals surface area contributed by atoms with Crippen molar-refractivity contribution in [1.29, 1.82) is 0 Å². The molecule has 0 fully saturated rings. The highest BCUT2D eigenvalue weighted by Crippen LogP contribution is 2.34. The quantitative estimate of drug-likeness (QED) is 0.756. The molecule has 1 rings (SSSR count). The molecule has 0 spiro atoms. The number of aromatic nitrogens is 1. The van der Waals surface area contributed by atoms with Crippen molar-refractivity contribution in [1.82, 2.24) is 4.98 Å². The van der Waals surface area contributed by atoms with Gasteiger partial charge in [0.05, 0.1) is 19.8 Å². The molecule has 5 heteroatoms. The summed E-state index contributed by atoms with van der Waals surface area (Å²) in [5.74, 6) is 7.08. The summed E-state index contributed by atoms with van der Waals surface area (Å²) in [5, 5.41) is 0. The molecule has 0 amide bonds. The van der Waals surface area contributed by atoms with Gasteiger partial charge in [0.1, 0.15) is 0 Å². The minimum atomic E-state index is 0.0390. The number of nitrogens with zero attached hydrogens (tertiary/aromatic N) is 1. The highest BCUT2D eigenvalue weighted by Gasteiger charge is 2.13. The third-order valence-electron chi connectivity index (χ3n) is 2.07. The maximum Gasteiger partial charge on any atom is 0.204 e. The van der Waals surface area contributed by atoms with Gasteiger partial charge >= 0.3 is 0 Å². The van der Waals surface area contributed by atoms with Crippen LogP contribution in [-0.2, 0) is 0 Å². The summed E-state index contributed by atoms with van der Waals surface area (Å²) in [7, 11) is 3.04. The van der Waals surface area contributed by atoms with Crippen LogP contribution in [0.4, 0.5) is 5.82 Å². The molecule has 0 saturated carbocycles. The van der Waals surface area contributed by atoms with E-state index in [0.29, 0.717) is 23.5 Å². The highest BCUT2D eigenvalue weighted by molar-refractivity contribution is 5.62. The van der Waals surface area contributed by atoms with Crippen LogP contribution in [0, 0.1) is 11.8 Å². The van der Waals surface area contributed by atoms with Crippen molar-refractivity contribution < 1.29 is 9.47 Å². The number of nitrogens with two attached hydrogens (primary N) is 2. The molecule has 92 valence electrons. The minimum absolute atomic E-state index is 0.0390. The predicted molar refractivity (Wildman–Crippen MR) is 66.9 cm³/mol. The van der Waals surface area contributed by atoms with Crippen LogP contribution in [0.1, 0.15) is 18.9 Å². The monoisotopic (exact) mass is 235 g/mol. The van der Waals surface area contributed by atoms with E-state index in [-0.39, 0.29) is 11.9 Å². The van der Waals surface area contributed by atoms with Crippen molar-refractivity contribution in [2.75, 3.05) is 20.0 Å². The second-order valence-electron chi connectivity index (χ2n) is 3.61. The van der Waals surface area contributed by atoms with Crippen molar-refractivity contribution in [2.45, 2.75) is 19.4 Å². The van der Waals surface area contributed by atoms with Crippen LogP contribution in [-0.4, -0.2) is 25.2 Å². The number of nitrogen functional groups attached to an aromatic ring is 1. The normalized spacial score (nSPS) is 11.3. The van der Waals surface area contributed by atoms with Crippen molar-refractivity contribution in [3.8, 4) is 23.3 Å². The molecule has 1 aromatic heterocycles. The molecular weight excluding hydrogens is 218 g/mol. The average Bonchev–Trinajstić information content (AvgIpc) is 2.29. The van der Waals surface area contributed by atoms with Crippen molar-refractivity contribution in [3.05, 3.63) is 11.8 Å².